The molecule has 1 aromatic heterocycles. The first-order chi connectivity index (χ1) is 12.8. The quantitative estimate of drug-likeness (QED) is 0.726. The summed E-state index contributed by atoms with van der Waals surface area (Å²) in [7, 11) is -3.14. The highest BCUT2D eigenvalue weighted by atomic mass is 32.2. The zero-order valence-corrected chi connectivity index (χ0v) is 16.9. The Morgan fingerprint density at radius 2 is 2.07 bits per heavy atom. The van der Waals surface area contributed by atoms with E-state index in [2.05, 4.69) is 15.5 Å². The molecule has 2 aromatic rings. The van der Waals surface area contributed by atoms with Crippen molar-refractivity contribution in [3.63, 3.8) is 0 Å². The van der Waals surface area contributed by atoms with Crippen molar-refractivity contribution in [2.75, 3.05) is 18.1 Å². The van der Waals surface area contributed by atoms with E-state index in [-0.39, 0.29) is 29.9 Å². The van der Waals surface area contributed by atoms with Gasteiger partial charge >= 0.3 is 0 Å². The van der Waals surface area contributed by atoms with E-state index < -0.39 is 9.84 Å². The third-order valence-corrected chi connectivity index (χ3v) is 6.64. The van der Waals surface area contributed by atoms with Crippen molar-refractivity contribution in [3.8, 4) is 11.1 Å². The van der Waals surface area contributed by atoms with E-state index in [1.807, 2.05) is 39.0 Å². The topological polar surface area (TPSA) is 91.9 Å². The summed E-state index contributed by atoms with van der Waals surface area (Å²) in [4.78, 5) is 12.5. The van der Waals surface area contributed by atoms with Gasteiger partial charge < -0.3 is 5.32 Å². The predicted molar refractivity (Wildman–Crippen MR) is 107 cm³/mol. The van der Waals surface area contributed by atoms with Crippen molar-refractivity contribution >= 4 is 15.7 Å². The average molecular weight is 390 g/mol. The number of rotatable bonds is 8. The Morgan fingerprint density at radius 1 is 1.33 bits per heavy atom. The monoisotopic (exact) mass is 389 g/mol. The van der Waals surface area contributed by atoms with Crippen molar-refractivity contribution in [2.45, 2.75) is 39.5 Å². The Morgan fingerprint density at radius 3 is 2.74 bits per heavy atom. The number of aromatic nitrogens is 2. The van der Waals surface area contributed by atoms with Gasteiger partial charge in [-0.3, -0.25) is 9.89 Å². The first-order valence-electron chi connectivity index (χ1n) is 9.41. The highest BCUT2D eigenvalue weighted by Crippen LogP contribution is 2.44. The predicted octanol–water partition coefficient (Wildman–Crippen LogP) is 3.06. The summed E-state index contributed by atoms with van der Waals surface area (Å²) in [6.07, 6.45) is 2.31. The molecule has 0 saturated heterocycles. The number of hydrogen-bond donors (Lipinski definition) is 2. The summed E-state index contributed by atoms with van der Waals surface area (Å²) in [6.45, 7) is 5.85. The number of nitrogens with one attached hydrogen (secondary N) is 2. The fourth-order valence-corrected chi connectivity index (χ4v) is 4.89. The number of amides is 1. The molecule has 2 N–H and O–H groups in total. The second-order valence-corrected chi connectivity index (χ2v) is 9.96. The van der Waals surface area contributed by atoms with Crippen LogP contribution in [0.1, 0.15) is 54.4 Å². The Hall–Kier alpha value is -2.15. The molecule has 3 rings (SSSR count). The molecule has 0 atom stereocenters. The van der Waals surface area contributed by atoms with Crippen LogP contribution in [0.25, 0.3) is 11.1 Å². The Bertz CT molecular complexity index is 928. The van der Waals surface area contributed by atoms with E-state index in [9.17, 15) is 13.2 Å². The molecule has 0 bridgehead atoms. The average Bonchev–Trinajstić information content (AvgIpc) is 3.36. The van der Waals surface area contributed by atoms with Gasteiger partial charge in [0.25, 0.3) is 5.91 Å². The first-order valence-corrected chi connectivity index (χ1v) is 11.2. The smallest absolute Gasteiger partial charge is 0.251 e. The summed E-state index contributed by atoms with van der Waals surface area (Å²) in [5.74, 6) is 0.436. The Kier molecular flexibility index (Phi) is 5.69. The van der Waals surface area contributed by atoms with Gasteiger partial charge in [-0.15, -0.1) is 0 Å². The second-order valence-electron chi connectivity index (χ2n) is 7.73. The van der Waals surface area contributed by atoms with E-state index in [1.54, 1.807) is 6.07 Å². The van der Waals surface area contributed by atoms with Crippen LogP contribution in [0, 0.1) is 12.8 Å². The van der Waals surface area contributed by atoms with Gasteiger partial charge in [-0.2, -0.15) is 5.10 Å². The van der Waals surface area contributed by atoms with Crippen molar-refractivity contribution in [1.82, 2.24) is 15.5 Å². The lowest BCUT2D eigenvalue weighted by molar-refractivity contribution is 0.0956. The van der Waals surface area contributed by atoms with Gasteiger partial charge in [-0.05, 0) is 43.4 Å². The maximum Gasteiger partial charge on any atom is 0.251 e. The minimum atomic E-state index is -3.14. The second kappa shape index (κ2) is 7.84. The van der Waals surface area contributed by atoms with Crippen LogP contribution >= 0.6 is 0 Å². The molecule has 1 heterocycles. The van der Waals surface area contributed by atoms with Crippen molar-refractivity contribution in [3.05, 3.63) is 41.2 Å². The first kappa shape index (κ1) is 19.6. The number of benzene rings is 1. The number of nitrogens with zero attached hydrogens (tertiary/aromatic N) is 1. The van der Waals surface area contributed by atoms with Crippen LogP contribution in [0.4, 0.5) is 0 Å². The molecule has 1 aromatic carbocycles. The fourth-order valence-electron chi connectivity index (χ4n) is 3.29. The van der Waals surface area contributed by atoms with E-state index in [4.69, 9.17) is 0 Å². The van der Waals surface area contributed by atoms with Gasteiger partial charge in [0.05, 0.1) is 17.2 Å². The number of hydrogen-bond acceptors (Lipinski definition) is 4. The van der Waals surface area contributed by atoms with E-state index in [0.29, 0.717) is 11.5 Å². The van der Waals surface area contributed by atoms with Crippen LogP contribution in [0.15, 0.2) is 24.3 Å². The summed E-state index contributed by atoms with van der Waals surface area (Å²) in [5, 5.41) is 10.2. The summed E-state index contributed by atoms with van der Waals surface area (Å²) >= 11 is 0. The minimum Gasteiger partial charge on any atom is -0.351 e. The van der Waals surface area contributed by atoms with E-state index in [1.165, 1.54) is 0 Å². The zero-order valence-electron chi connectivity index (χ0n) is 16.1. The van der Waals surface area contributed by atoms with Crippen LogP contribution in [0.3, 0.4) is 0 Å². The zero-order chi connectivity index (χ0) is 19.6. The lowest BCUT2D eigenvalue weighted by atomic mass is 9.99. The molecule has 0 radical (unpaired) electrons. The normalized spacial score (nSPS) is 14.5. The number of carbonyl (C=O) groups is 1. The number of aromatic amines is 1. The highest BCUT2D eigenvalue weighted by Gasteiger charge is 2.30. The van der Waals surface area contributed by atoms with Gasteiger partial charge in [0, 0.05) is 29.3 Å². The van der Waals surface area contributed by atoms with Crippen LogP contribution in [-0.2, 0) is 9.84 Å². The highest BCUT2D eigenvalue weighted by molar-refractivity contribution is 7.91. The lowest BCUT2D eigenvalue weighted by Crippen LogP contribution is -2.30. The number of sulfone groups is 1. The molecule has 1 fully saturated rings. The maximum atomic E-state index is 12.5. The molecular formula is C20H27N3O3S. The Balaban J connectivity index is 1.69. The molecular weight excluding hydrogens is 362 g/mol. The molecule has 0 unspecified atom stereocenters. The van der Waals surface area contributed by atoms with Crippen LogP contribution in [0.5, 0.6) is 0 Å². The van der Waals surface area contributed by atoms with Crippen LogP contribution < -0.4 is 5.32 Å². The van der Waals surface area contributed by atoms with Crippen LogP contribution in [0.2, 0.25) is 0 Å². The maximum absolute atomic E-state index is 12.5. The van der Waals surface area contributed by atoms with E-state index in [0.717, 1.165) is 35.4 Å². The number of aryl methyl sites for hydroxylation is 1. The van der Waals surface area contributed by atoms with E-state index >= 15 is 0 Å². The van der Waals surface area contributed by atoms with Crippen molar-refractivity contribution < 1.29 is 13.2 Å². The van der Waals surface area contributed by atoms with Crippen molar-refractivity contribution in [2.24, 2.45) is 5.92 Å². The third-order valence-electron chi connectivity index (χ3n) is 4.64. The molecule has 0 spiro atoms. The SMILES string of the molecule is Cc1[nH]nc(C2CC2)c1-c1cccc(C(=O)NCCS(=O)(=O)CC(C)C)c1. The summed E-state index contributed by atoms with van der Waals surface area (Å²) < 4.78 is 23.9. The van der Waals surface area contributed by atoms with Gasteiger partial charge in [0.1, 0.15) is 0 Å². The molecule has 0 aliphatic heterocycles. The summed E-state index contributed by atoms with van der Waals surface area (Å²) in [5.41, 5.74) is 4.63. The molecule has 7 heteroatoms. The van der Waals surface area contributed by atoms with Gasteiger partial charge in [0.15, 0.2) is 9.84 Å². The summed E-state index contributed by atoms with van der Waals surface area (Å²) in [6, 6.07) is 7.42. The fraction of sp³-hybridized carbons (Fsp3) is 0.500. The number of H-pyrrole nitrogens is 1. The van der Waals surface area contributed by atoms with Gasteiger partial charge in [-0.1, -0.05) is 26.0 Å². The molecule has 1 aliphatic carbocycles. The van der Waals surface area contributed by atoms with Gasteiger partial charge in [0.2, 0.25) is 0 Å². The largest absolute Gasteiger partial charge is 0.351 e. The standard InChI is InChI=1S/C20H27N3O3S/c1-13(2)12-27(25,26)10-9-21-20(24)17-6-4-5-16(11-17)18-14(3)22-23-19(18)15-7-8-15/h4-6,11,13,15H,7-10,12H2,1-3H3,(H,21,24)(H,22,23). The lowest BCUT2D eigenvalue weighted by Gasteiger charge is -2.09. The van der Waals surface area contributed by atoms with Crippen LogP contribution in [-0.4, -0.2) is 42.6 Å². The molecule has 1 saturated carbocycles. The minimum absolute atomic E-state index is 0.0384. The molecule has 1 amide bonds. The van der Waals surface area contributed by atoms with Crippen molar-refractivity contribution in [1.29, 1.82) is 0 Å². The van der Waals surface area contributed by atoms with Gasteiger partial charge in [-0.25, -0.2) is 8.42 Å². The third kappa shape index (κ3) is 4.97. The molecule has 1 aliphatic rings. The molecule has 6 nitrogen and oxygen atoms in total. The molecule has 27 heavy (non-hydrogen) atoms. The Labute approximate surface area is 160 Å². The number of carbonyl (C=O) groups excluding carboxylic acids is 1. The molecule has 146 valence electrons.